The molecule has 5 heteroatoms. The SMILES string of the molecule is O=C(NC1(C(=O)S)CCC1)OCC1c2ccccc2-c2ccccc21. The molecule has 1 fully saturated rings. The Hall–Kier alpha value is -2.27. The molecule has 0 radical (unpaired) electrons. The van der Waals surface area contributed by atoms with Gasteiger partial charge in [-0.1, -0.05) is 48.5 Å². The van der Waals surface area contributed by atoms with Crippen LogP contribution in [0.4, 0.5) is 4.79 Å². The standard InChI is InChI=1S/C20H19NO3S/c22-18(25)20(10-5-11-20)21-19(23)24-12-17-15-8-3-1-6-13(15)14-7-2-4-9-16(14)17/h1-4,6-9,17H,5,10-12H2,(H,21,23)(H,22,25). The van der Waals surface area contributed by atoms with E-state index in [4.69, 9.17) is 4.74 Å². The van der Waals surface area contributed by atoms with E-state index in [-0.39, 0.29) is 17.6 Å². The predicted octanol–water partition coefficient (Wildman–Crippen LogP) is 3.90. The number of ether oxygens (including phenoxy) is 1. The lowest BCUT2D eigenvalue weighted by Crippen LogP contribution is -2.57. The van der Waals surface area contributed by atoms with Gasteiger partial charge in [-0.05, 0) is 41.5 Å². The zero-order chi connectivity index (χ0) is 17.4. The molecule has 0 aliphatic heterocycles. The summed E-state index contributed by atoms with van der Waals surface area (Å²) in [5.74, 6) is 0.0159. The fourth-order valence-electron chi connectivity index (χ4n) is 3.75. The first-order valence-electron chi connectivity index (χ1n) is 8.47. The molecule has 4 rings (SSSR count). The molecule has 2 aliphatic carbocycles. The van der Waals surface area contributed by atoms with Crippen molar-refractivity contribution in [2.75, 3.05) is 6.61 Å². The molecule has 0 unspecified atom stereocenters. The van der Waals surface area contributed by atoms with Crippen LogP contribution < -0.4 is 5.32 Å². The molecule has 1 saturated carbocycles. The van der Waals surface area contributed by atoms with E-state index in [0.717, 1.165) is 6.42 Å². The third kappa shape index (κ3) is 2.72. The lowest BCUT2D eigenvalue weighted by molar-refractivity contribution is -0.119. The Kier molecular flexibility index (Phi) is 4.04. The van der Waals surface area contributed by atoms with Crippen LogP contribution in [0.1, 0.15) is 36.3 Å². The minimum atomic E-state index is -0.842. The van der Waals surface area contributed by atoms with Crippen LogP contribution in [0.3, 0.4) is 0 Å². The van der Waals surface area contributed by atoms with Gasteiger partial charge in [-0.2, -0.15) is 0 Å². The van der Waals surface area contributed by atoms with Crippen LogP contribution >= 0.6 is 12.6 Å². The second-order valence-electron chi connectivity index (χ2n) is 6.69. The Morgan fingerprint density at radius 1 is 1.04 bits per heavy atom. The van der Waals surface area contributed by atoms with Crippen molar-refractivity contribution in [3.8, 4) is 11.1 Å². The van der Waals surface area contributed by atoms with Gasteiger partial charge in [-0.3, -0.25) is 4.79 Å². The highest BCUT2D eigenvalue weighted by molar-refractivity contribution is 7.96. The number of hydrogen-bond donors (Lipinski definition) is 2. The fraction of sp³-hybridized carbons (Fsp3) is 0.300. The van der Waals surface area contributed by atoms with E-state index in [0.29, 0.717) is 12.8 Å². The molecule has 0 spiro atoms. The minimum Gasteiger partial charge on any atom is -0.449 e. The topological polar surface area (TPSA) is 55.4 Å². The second-order valence-corrected chi connectivity index (χ2v) is 7.10. The van der Waals surface area contributed by atoms with Crippen LogP contribution in [0.25, 0.3) is 11.1 Å². The van der Waals surface area contributed by atoms with Gasteiger partial charge in [0.05, 0.1) is 0 Å². The Labute approximate surface area is 152 Å². The molecule has 0 atom stereocenters. The predicted molar refractivity (Wildman–Crippen MR) is 98.8 cm³/mol. The molecule has 0 saturated heterocycles. The highest BCUT2D eigenvalue weighted by Crippen LogP contribution is 2.44. The Morgan fingerprint density at radius 2 is 1.60 bits per heavy atom. The van der Waals surface area contributed by atoms with Gasteiger partial charge >= 0.3 is 6.09 Å². The lowest BCUT2D eigenvalue weighted by atomic mass is 9.78. The van der Waals surface area contributed by atoms with E-state index in [1.165, 1.54) is 22.3 Å². The molecule has 2 aromatic carbocycles. The lowest BCUT2D eigenvalue weighted by Gasteiger charge is -2.38. The minimum absolute atomic E-state index is 0.0159. The molecule has 1 amide bonds. The zero-order valence-corrected chi connectivity index (χ0v) is 14.6. The van der Waals surface area contributed by atoms with E-state index in [9.17, 15) is 9.59 Å². The third-order valence-corrected chi connectivity index (χ3v) is 5.73. The quantitative estimate of drug-likeness (QED) is 0.820. The van der Waals surface area contributed by atoms with Crippen LogP contribution in [-0.2, 0) is 9.53 Å². The van der Waals surface area contributed by atoms with Gasteiger partial charge in [0.1, 0.15) is 12.1 Å². The van der Waals surface area contributed by atoms with E-state index < -0.39 is 11.6 Å². The molecular formula is C20H19NO3S. The van der Waals surface area contributed by atoms with Crippen molar-refractivity contribution in [1.29, 1.82) is 0 Å². The molecule has 128 valence electrons. The largest absolute Gasteiger partial charge is 0.449 e. The molecule has 2 aliphatic rings. The molecular weight excluding hydrogens is 334 g/mol. The number of fused-ring (bicyclic) bond motifs is 3. The van der Waals surface area contributed by atoms with Crippen molar-refractivity contribution in [1.82, 2.24) is 5.32 Å². The molecule has 0 heterocycles. The molecule has 25 heavy (non-hydrogen) atoms. The van der Waals surface area contributed by atoms with E-state index in [2.05, 4.69) is 42.2 Å². The number of nitrogens with one attached hydrogen (secondary N) is 1. The van der Waals surface area contributed by atoms with Crippen molar-refractivity contribution >= 4 is 23.8 Å². The maximum Gasteiger partial charge on any atom is 0.407 e. The average Bonchev–Trinajstić information content (AvgIpc) is 2.90. The first-order valence-corrected chi connectivity index (χ1v) is 8.92. The van der Waals surface area contributed by atoms with Gasteiger partial charge < -0.3 is 10.1 Å². The highest BCUT2D eigenvalue weighted by atomic mass is 32.1. The summed E-state index contributed by atoms with van der Waals surface area (Å²) in [6.45, 7) is 0.247. The van der Waals surface area contributed by atoms with Gasteiger partial charge in [-0.15, -0.1) is 12.6 Å². The van der Waals surface area contributed by atoms with Gasteiger partial charge in [0.2, 0.25) is 5.12 Å². The number of carbonyl (C=O) groups excluding carboxylic acids is 2. The Morgan fingerprint density at radius 3 is 2.08 bits per heavy atom. The van der Waals surface area contributed by atoms with Crippen molar-refractivity contribution in [3.05, 3.63) is 59.7 Å². The summed E-state index contributed by atoms with van der Waals surface area (Å²) >= 11 is 3.91. The summed E-state index contributed by atoms with van der Waals surface area (Å²) in [6.07, 6.45) is 1.61. The van der Waals surface area contributed by atoms with Gasteiger partial charge in [0.25, 0.3) is 0 Å². The number of amides is 1. The summed E-state index contributed by atoms with van der Waals surface area (Å²) in [7, 11) is 0. The van der Waals surface area contributed by atoms with Crippen LogP contribution in [0, 0.1) is 0 Å². The third-order valence-electron chi connectivity index (χ3n) is 5.30. The van der Waals surface area contributed by atoms with E-state index in [1.807, 2.05) is 24.3 Å². The molecule has 4 nitrogen and oxygen atoms in total. The Bertz CT molecular complexity index is 799. The average molecular weight is 353 g/mol. The first-order chi connectivity index (χ1) is 12.1. The maximum atomic E-state index is 12.2. The van der Waals surface area contributed by atoms with Crippen LogP contribution in [0.15, 0.2) is 48.5 Å². The number of rotatable bonds is 4. The van der Waals surface area contributed by atoms with Crippen molar-refractivity contribution in [3.63, 3.8) is 0 Å². The summed E-state index contributed by atoms with van der Waals surface area (Å²) in [5, 5.41) is 2.42. The molecule has 0 bridgehead atoms. The molecule has 1 N–H and O–H groups in total. The maximum absolute atomic E-state index is 12.2. The molecule has 0 aromatic heterocycles. The monoisotopic (exact) mass is 353 g/mol. The van der Waals surface area contributed by atoms with Crippen molar-refractivity contribution < 1.29 is 14.3 Å². The number of benzene rings is 2. The second kappa shape index (κ2) is 6.23. The number of hydrogen-bond acceptors (Lipinski definition) is 3. The summed E-state index contributed by atoms with van der Waals surface area (Å²) in [4.78, 5) is 23.9. The van der Waals surface area contributed by atoms with E-state index >= 15 is 0 Å². The van der Waals surface area contributed by atoms with Gasteiger partial charge in [0.15, 0.2) is 0 Å². The smallest absolute Gasteiger partial charge is 0.407 e. The number of alkyl carbamates (subject to hydrolysis) is 1. The van der Waals surface area contributed by atoms with Crippen LogP contribution in [0.2, 0.25) is 0 Å². The number of thiol groups is 1. The van der Waals surface area contributed by atoms with Gasteiger partial charge in [-0.25, -0.2) is 4.79 Å². The van der Waals surface area contributed by atoms with E-state index in [1.54, 1.807) is 0 Å². The van der Waals surface area contributed by atoms with Crippen LogP contribution in [0.5, 0.6) is 0 Å². The zero-order valence-electron chi connectivity index (χ0n) is 13.7. The first kappa shape index (κ1) is 16.2. The van der Waals surface area contributed by atoms with Crippen molar-refractivity contribution in [2.45, 2.75) is 30.7 Å². The fourth-order valence-corrected chi connectivity index (χ4v) is 4.03. The summed E-state index contributed by atoms with van der Waals surface area (Å²) < 4.78 is 5.49. The van der Waals surface area contributed by atoms with Crippen molar-refractivity contribution in [2.24, 2.45) is 0 Å². The normalized spacial score (nSPS) is 17.2. The number of carbonyl (C=O) groups is 2. The highest BCUT2D eigenvalue weighted by Gasteiger charge is 2.44. The Balaban J connectivity index is 1.50. The van der Waals surface area contributed by atoms with Gasteiger partial charge in [0, 0.05) is 5.92 Å². The molecule has 2 aromatic rings. The summed E-state index contributed by atoms with van der Waals surface area (Å²) in [5.41, 5.74) is 3.87. The van der Waals surface area contributed by atoms with Crippen LogP contribution in [-0.4, -0.2) is 23.4 Å². The summed E-state index contributed by atoms with van der Waals surface area (Å²) in [6, 6.07) is 16.4.